The van der Waals surface area contributed by atoms with Gasteiger partial charge in [-0.3, -0.25) is 4.79 Å². The van der Waals surface area contributed by atoms with Crippen LogP contribution in [0.3, 0.4) is 0 Å². The van der Waals surface area contributed by atoms with Crippen LogP contribution in [0.4, 0.5) is 0 Å². The molecule has 0 aliphatic heterocycles. The summed E-state index contributed by atoms with van der Waals surface area (Å²) >= 11 is 0. The topological polar surface area (TPSA) is 61.5 Å². The van der Waals surface area contributed by atoms with Gasteiger partial charge in [-0.2, -0.15) is 0 Å². The van der Waals surface area contributed by atoms with Crippen LogP contribution in [0.5, 0.6) is 0 Å². The fourth-order valence-electron chi connectivity index (χ4n) is 2.70. The summed E-state index contributed by atoms with van der Waals surface area (Å²) in [5.41, 5.74) is 2.72. The second kappa shape index (κ2) is 3.93. The fourth-order valence-corrected chi connectivity index (χ4v) is 2.70. The smallest absolute Gasteiger partial charge is 0.258 e. The molecule has 0 spiro atoms. The van der Waals surface area contributed by atoms with Gasteiger partial charge in [-0.1, -0.05) is 25.1 Å². The van der Waals surface area contributed by atoms with E-state index in [9.17, 15) is 4.79 Å². The molecule has 4 rings (SSSR count). The number of rotatable bonds is 1. The van der Waals surface area contributed by atoms with Crippen molar-refractivity contribution in [2.45, 2.75) is 13.3 Å². The number of aromatic amines is 2. The Hall–Kier alpha value is -2.62. The van der Waals surface area contributed by atoms with Crippen molar-refractivity contribution in [2.24, 2.45) is 0 Å². The third-order valence-electron chi connectivity index (χ3n) is 3.72. The molecule has 0 unspecified atom stereocenters. The molecule has 2 heterocycles. The molecular formula is C16H13N3O. The molecule has 4 nitrogen and oxygen atoms in total. The predicted molar refractivity (Wildman–Crippen MR) is 81.1 cm³/mol. The van der Waals surface area contributed by atoms with E-state index in [1.54, 1.807) is 0 Å². The van der Waals surface area contributed by atoms with Crippen LogP contribution in [-0.2, 0) is 6.42 Å². The number of aryl methyl sites for hydroxylation is 1. The minimum atomic E-state index is -0.0765. The van der Waals surface area contributed by atoms with Crippen molar-refractivity contribution in [2.75, 3.05) is 0 Å². The number of hydrogen-bond donors (Lipinski definition) is 2. The SMILES string of the molecule is CCc1nc2cc3c(cc2c(=O)[nH]1)[nH]c1ccccc13. The van der Waals surface area contributed by atoms with Gasteiger partial charge >= 0.3 is 0 Å². The molecule has 4 heteroatoms. The molecule has 0 atom stereocenters. The Balaban J connectivity index is 2.21. The standard InChI is InChI=1S/C16H13N3O/c1-2-15-18-14-7-10-9-5-3-4-6-12(9)17-13(10)8-11(14)16(20)19-15/h3-8,17H,2H2,1H3,(H,18,19,20). The third-order valence-corrected chi connectivity index (χ3v) is 3.72. The second-order valence-electron chi connectivity index (χ2n) is 4.95. The zero-order valence-corrected chi connectivity index (χ0v) is 11.0. The zero-order valence-electron chi connectivity index (χ0n) is 11.0. The second-order valence-corrected chi connectivity index (χ2v) is 4.95. The van der Waals surface area contributed by atoms with Gasteiger partial charge in [0.2, 0.25) is 0 Å². The highest BCUT2D eigenvalue weighted by Gasteiger charge is 2.09. The summed E-state index contributed by atoms with van der Waals surface area (Å²) in [4.78, 5) is 22.8. The van der Waals surface area contributed by atoms with Gasteiger partial charge < -0.3 is 9.97 Å². The van der Waals surface area contributed by atoms with Gasteiger partial charge in [-0.05, 0) is 18.2 Å². The van der Waals surface area contributed by atoms with E-state index in [2.05, 4.69) is 21.0 Å². The number of H-pyrrole nitrogens is 2. The Morgan fingerprint density at radius 1 is 1.00 bits per heavy atom. The molecule has 2 aromatic heterocycles. The quantitative estimate of drug-likeness (QED) is 0.554. The summed E-state index contributed by atoms with van der Waals surface area (Å²) in [6.45, 7) is 1.98. The number of nitrogens with one attached hydrogen (secondary N) is 2. The number of para-hydroxylation sites is 1. The number of hydrogen-bond acceptors (Lipinski definition) is 2. The normalized spacial score (nSPS) is 11.7. The van der Waals surface area contributed by atoms with E-state index in [0.29, 0.717) is 5.39 Å². The molecular weight excluding hydrogens is 250 g/mol. The van der Waals surface area contributed by atoms with Crippen molar-refractivity contribution < 1.29 is 0 Å². The molecule has 0 aliphatic rings. The third kappa shape index (κ3) is 1.48. The highest BCUT2D eigenvalue weighted by molar-refractivity contribution is 6.11. The van der Waals surface area contributed by atoms with Crippen LogP contribution in [0, 0.1) is 0 Å². The van der Waals surface area contributed by atoms with Crippen LogP contribution in [0.15, 0.2) is 41.2 Å². The van der Waals surface area contributed by atoms with Gasteiger partial charge in [-0.25, -0.2) is 4.98 Å². The van der Waals surface area contributed by atoms with Crippen LogP contribution in [0.2, 0.25) is 0 Å². The Morgan fingerprint density at radius 2 is 1.85 bits per heavy atom. The van der Waals surface area contributed by atoms with Gasteiger partial charge in [0.05, 0.1) is 10.9 Å². The Labute approximate surface area is 114 Å². The Kier molecular flexibility index (Phi) is 2.21. The van der Waals surface area contributed by atoms with E-state index >= 15 is 0 Å². The monoisotopic (exact) mass is 263 g/mol. The first-order valence-electron chi connectivity index (χ1n) is 6.69. The van der Waals surface area contributed by atoms with Crippen LogP contribution < -0.4 is 5.56 Å². The van der Waals surface area contributed by atoms with Crippen molar-refractivity contribution in [3.8, 4) is 0 Å². The Bertz CT molecular complexity index is 1010. The minimum Gasteiger partial charge on any atom is -0.354 e. The average Bonchev–Trinajstić information content (AvgIpc) is 2.83. The van der Waals surface area contributed by atoms with Crippen molar-refractivity contribution in [3.63, 3.8) is 0 Å². The minimum absolute atomic E-state index is 0.0765. The molecule has 0 saturated carbocycles. The molecule has 0 radical (unpaired) electrons. The van der Waals surface area contributed by atoms with Crippen LogP contribution in [0.1, 0.15) is 12.7 Å². The van der Waals surface area contributed by atoms with Crippen molar-refractivity contribution >= 4 is 32.7 Å². The van der Waals surface area contributed by atoms with Crippen LogP contribution in [-0.4, -0.2) is 15.0 Å². The summed E-state index contributed by atoms with van der Waals surface area (Å²) in [5, 5.41) is 2.89. The average molecular weight is 263 g/mol. The first-order chi connectivity index (χ1) is 9.76. The largest absolute Gasteiger partial charge is 0.354 e. The predicted octanol–water partition coefficient (Wildman–Crippen LogP) is 3.12. The van der Waals surface area contributed by atoms with E-state index in [4.69, 9.17) is 0 Å². The van der Waals surface area contributed by atoms with Gasteiger partial charge in [-0.15, -0.1) is 0 Å². The lowest BCUT2D eigenvalue weighted by atomic mass is 10.1. The van der Waals surface area contributed by atoms with E-state index < -0.39 is 0 Å². The first-order valence-corrected chi connectivity index (χ1v) is 6.69. The van der Waals surface area contributed by atoms with Crippen molar-refractivity contribution in [1.82, 2.24) is 15.0 Å². The van der Waals surface area contributed by atoms with E-state index in [1.807, 2.05) is 37.3 Å². The highest BCUT2D eigenvalue weighted by Crippen LogP contribution is 2.27. The van der Waals surface area contributed by atoms with Crippen molar-refractivity contribution in [3.05, 3.63) is 52.6 Å². The number of benzene rings is 2. The molecule has 0 saturated heterocycles. The molecule has 0 amide bonds. The molecule has 0 aliphatic carbocycles. The molecule has 4 aromatic rings. The Morgan fingerprint density at radius 3 is 2.70 bits per heavy atom. The van der Waals surface area contributed by atoms with Gasteiger partial charge in [0.15, 0.2) is 0 Å². The lowest BCUT2D eigenvalue weighted by Gasteiger charge is -2.01. The molecule has 2 aromatic carbocycles. The number of fused-ring (bicyclic) bond motifs is 4. The van der Waals surface area contributed by atoms with Crippen LogP contribution >= 0.6 is 0 Å². The molecule has 98 valence electrons. The van der Waals surface area contributed by atoms with Crippen LogP contribution in [0.25, 0.3) is 32.7 Å². The summed E-state index contributed by atoms with van der Waals surface area (Å²) in [6.07, 6.45) is 0.719. The maximum absolute atomic E-state index is 12.1. The lowest BCUT2D eigenvalue weighted by Crippen LogP contribution is -2.11. The van der Waals surface area contributed by atoms with E-state index in [1.165, 1.54) is 0 Å². The molecule has 0 bridgehead atoms. The summed E-state index contributed by atoms with van der Waals surface area (Å²) < 4.78 is 0. The lowest BCUT2D eigenvalue weighted by molar-refractivity contribution is 0.944. The summed E-state index contributed by atoms with van der Waals surface area (Å²) in [5.74, 6) is 0.724. The number of aromatic nitrogens is 3. The fraction of sp³-hybridized carbons (Fsp3) is 0.125. The summed E-state index contributed by atoms with van der Waals surface area (Å²) in [7, 11) is 0. The maximum atomic E-state index is 12.1. The first kappa shape index (κ1) is 11.2. The summed E-state index contributed by atoms with van der Waals surface area (Å²) in [6, 6.07) is 12.0. The molecule has 2 N–H and O–H groups in total. The zero-order chi connectivity index (χ0) is 13.7. The molecule has 20 heavy (non-hydrogen) atoms. The van der Waals surface area contributed by atoms with E-state index in [0.717, 1.165) is 39.6 Å². The highest BCUT2D eigenvalue weighted by atomic mass is 16.1. The number of nitrogens with zero attached hydrogens (tertiary/aromatic N) is 1. The molecule has 0 fully saturated rings. The van der Waals surface area contributed by atoms with E-state index in [-0.39, 0.29) is 5.56 Å². The van der Waals surface area contributed by atoms with Gasteiger partial charge in [0.25, 0.3) is 5.56 Å². The van der Waals surface area contributed by atoms with Crippen molar-refractivity contribution in [1.29, 1.82) is 0 Å². The maximum Gasteiger partial charge on any atom is 0.258 e. The van der Waals surface area contributed by atoms with Gasteiger partial charge in [0.1, 0.15) is 5.82 Å². The van der Waals surface area contributed by atoms with Gasteiger partial charge in [0, 0.05) is 28.2 Å².